The van der Waals surface area contributed by atoms with E-state index < -0.39 is 0 Å². The third-order valence-corrected chi connectivity index (χ3v) is 15.1. The van der Waals surface area contributed by atoms with Crippen molar-refractivity contribution in [3.8, 4) is 0 Å². The predicted octanol–water partition coefficient (Wildman–Crippen LogP) is 19.7. The molecule has 0 amide bonds. The molecule has 4 aromatic rings. The molecule has 0 N–H and O–H groups in total. The summed E-state index contributed by atoms with van der Waals surface area (Å²) in [7, 11) is 0. The Morgan fingerprint density at radius 1 is 0.333 bits per heavy atom. The van der Waals surface area contributed by atoms with Crippen molar-refractivity contribution in [2.45, 2.75) is 225 Å². The number of benzene rings is 4. The van der Waals surface area contributed by atoms with E-state index in [1.165, 1.54) is 181 Å². The van der Waals surface area contributed by atoms with E-state index in [0.29, 0.717) is 0 Å². The van der Waals surface area contributed by atoms with Crippen molar-refractivity contribution in [1.29, 1.82) is 0 Å². The molecule has 0 saturated carbocycles. The summed E-state index contributed by atoms with van der Waals surface area (Å²) in [6.45, 7) is 13.8. The number of nitrogens with zero attached hydrogens (tertiary/aromatic N) is 2. The maximum absolute atomic E-state index is 12.4. The Labute approximate surface area is 414 Å². The van der Waals surface area contributed by atoms with Crippen LogP contribution in [0.3, 0.4) is 0 Å². The Hall–Kier alpha value is -3.38. The molecule has 1 aliphatic rings. The van der Waals surface area contributed by atoms with Crippen LogP contribution >= 0.6 is 0 Å². The van der Waals surface area contributed by atoms with Gasteiger partial charge in [0.2, 0.25) is 11.4 Å². The van der Waals surface area contributed by atoms with E-state index >= 15 is 0 Å². The molecule has 0 aliphatic carbocycles. The molecule has 0 radical (unpaired) electrons. The van der Waals surface area contributed by atoms with Crippen LogP contribution in [0.25, 0.3) is 16.9 Å². The molecule has 0 atom stereocenters. The van der Waals surface area contributed by atoms with Gasteiger partial charge in [0.25, 0.3) is 0 Å². The van der Waals surface area contributed by atoms with Crippen LogP contribution in [0.4, 0.5) is 0 Å². The molecule has 0 spiro atoms. The Kier molecular flexibility index (Phi) is 28.4. The molecule has 0 saturated heterocycles. The Balaban J connectivity index is 0.000000465. The van der Waals surface area contributed by atoms with Gasteiger partial charge in [-0.1, -0.05) is 144 Å². The quantitative estimate of drug-likeness (QED) is 0.0258. The molecule has 5 rings (SSSR count). The average molecular weight is 984 g/mol. The fourth-order valence-corrected chi connectivity index (χ4v) is 11.2. The monoisotopic (exact) mass is 983 g/mol. The summed E-state index contributed by atoms with van der Waals surface area (Å²) in [5.41, 5.74) is 28.5. The summed E-state index contributed by atoms with van der Waals surface area (Å²) in [5.74, 6) is 0. The molecular formula is C63H92N2Pd. The molecule has 364 valence electrons. The van der Waals surface area contributed by atoms with Crippen LogP contribution in [-0.2, 0) is 56.5 Å². The van der Waals surface area contributed by atoms with Crippen molar-refractivity contribution < 1.29 is 22.7 Å². The van der Waals surface area contributed by atoms with E-state index in [4.69, 9.17) is 0 Å². The first kappa shape index (κ1) is 55.2. The molecule has 1 heterocycles. The van der Waals surface area contributed by atoms with Gasteiger partial charge in [0.15, 0.2) is 0 Å². The average Bonchev–Trinajstić information content (AvgIpc) is 3.62. The van der Waals surface area contributed by atoms with Gasteiger partial charge < -0.3 is 5.53 Å². The normalized spacial score (nSPS) is 12.7. The molecule has 66 heavy (non-hydrogen) atoms. The fourth-order valence-electron chi connectivity index (χ4n) is 9.41. The molecule has 1 aliphatic heterocycles. The molecule has 2 nitrogen and oxygen atoms in total. The van der Waals surface area contributed by atoms with Gasteiger partial charge in [0.05, 0.1) is 0 Å². The van der Waals surface area contributed by atoms with Gasteiger partial charge in [-0.25, -0.2) is 4.70 Å². The van der Waals surface area contributed by atoms with Gasteiger partial charge in [-0.05, 0) is 117 Å². The second-order valence-corrected chi connectivity index (χ2v) is 21.4. The first-order valence-electron chi connectivity index (χ1n) is 27.2. The third kappa shape index (κ3) is 20.1. The minimum absolute atomic E-state index is 0.891. The second-order valence-electron chi connectivity index (χ2n) is 19.1. The van der Waals surface area contributed by atoms with Gasteiger partial charge in [-0.15, -0.1) is 0 Å². The van der Waals surface area contributed by atoms with E-state index in [1.807, 2.05) is 0 Å². The molecule has 0 fully saturated rings. The summed E-state index contributed by atoms with van der Waals surface area (Å²) in [6, 6.07) is 36.2. The topological polar surface area (TPSA) is 25.3 Å². The van der Waals surface area contributed by atoms with Crippen molar-refractivity contribution in [2.24, 2.45) is 0 Å². The van der Waals surface area contributed by atoms with Gasteiger partial charge in [0, 0.05) is 22.3 Å². The number of hydrogen-bond acceptors (Lipinski definition) is 0. The maximum atomic E-state index is 12.4. The number of aryl methyl sites for hydroxylation is 6. The zero-order valence-electron chi connectivity index (χ0n) is 43.0. The van der Waals surface area contributed by atoms with Gasteiger partial charge in [-0.2, -0.15) is 0 Å². The van der Waals surface area contributed by atoms with E-state index in [2.05, 4.69) is 139 Å². The van der Waals surface area contributed by atoms with Crippen molar-refractivity contribution in [3.63, 3.8) is 0 Å². The third-order valence-electron chi connectivity index (χ3n) is 13.2. The van der Waals surface area contributed by atoms with Crippen molar-refractivity contribution >= 4 is 11.4 Å². The number of rotatable bonds is 33. The molecule has 0 aromatic heterocycles. The molecule has 3 heteroatoms. The first-order chi connectivity index (χ1) is 32.5. The predicted molar refractivity (Wildman–Crippen MR) is 286 cm³/mol. The van der Waals surface area contributed by atoms with E-state index in [-0.39, 0.29) is 0 Å². The minimum atomic E-state index is 0.891. The summed E-state index contributed by atoms with van der Waals surface area (Å²) in [5, 5.41) is 0. The second kappa shape index (κ2) is 34.0. The molecule has 0 bridgehead atoms. The summed E-state index contributed by atoms with van der Waals surface area (Å²) >= 11 is 0.891. The zero-order valence-corrected chi connectivity index (χ0v) is 44.5. The fraction of sp³-hybridized carbons (Fsp3) is 0.556. The molecule has 0 unspecified atom stereocenters. The van der Waals surface area contributed by atoms with Gasteiger partial charge >= 0.3 is 112 Å². The van der Waals surface area contributed by atoms with Crippen LogP contribution in [0.15, 0.2) is 108 Å². The van der Waals surface area contributed by atoms with E-state index in [0.717, 1.165) is 87.2 Å². The Morgan fingerprint density at radius 3 is 1.08 bits per heavy atom. The van der Waals surface area contributed by atoms with Crippen LogP contribution in [0.2, 0.25) is 9.79 Å². The van der Waals surface area contributed by atoms with E-state index in [9.17, 15) is 5.53 Å². The van der Waals surface area contributed by atoms with Crippen molar-refractivity contribution in [1.82, 2.24) is 0 Å². The first-order valence-corrected chi connectivity index (χ1v) is 29.4. The van der Waals surface area contributed by atoms with Crippen LogP contribution in [0, 0.1) is 0 Å². The number of allylic oxidation sites excluding steroid dienone is 2. The molecule has 4 aromatic carbocycles. The van der Waals surface area contributed by atoms with Crippen LogP contribution in [0.1, 0.15) is 221 Å². The van der Waals surface area contributed by atoms with Crippen molar-refractivity contribution in [2.75, 3.05) is 0 Å². The van der Waals surface area contributed by atoms with Crippen LogP contribution in [0.5, 0.6) is 0 Å². The standard InChI is InChI=1S/C47H74N2.2C8H9.Pd/c1-7-13-18-20-22-24-29-40-33-41(30-25-23-21-19-14-8-2)37-43(36-40)47-45(31-17-11-5)44(26-12-6)46(49(47)48)42-34-38(27-15-9-3)32-39(35-42)28-16-10-4;2*1-2-8-6-4-3-5-7-8;/h32-37H,7-31H2,1-6H3;2*3-7H,1-2H2;. The summed E-state index contributed by atoms with van der Waals surface area (Å²) in [4.78, 5) is 2.70. The van der Waals surface area contributed by atoms with E-state index in [1.54, 1.807) is 4.70 Å². The number of hydrogen-bond donors (Lipinski definition) is 0. The zero-order chi connectivity index (χ0) is 47.0. The summed E-state index contributed by atoms with van der Waals surface area (Å²) in [6.07, 6.45) is 33.1. The van der Waals surface area contributed by atoms with Crippen LogP contribution < -0.4 is 0 Å². The molecular weight excluding hydrogens is 891 g/mol. The van der Waals surface area contributed by atoms with Gasteiger partial charge in [0.1, 0.15) is 0 Å². The number of unbranched alkanes of at least 4 members (excludes halogenated alkanes) is 13. The Morgan fingerprint density at radius 2 is 0.682 bits per heavy atom. The summed E-state index contributed by atoms with van der Waals surface area (Å²) < 4.78 is 1.65. The SMILES string of the molecule is CCCCCCCCc1cc(CCCCCCCC)cc(C2=C(CCCC)C(CCC)=C(c3cc(CCCC)cc(CCCC)c3)[N+]2=[N-])c1.c1ccc(C[CH2][Pd][CH2]Cc2ccccc2)cc1. The Bertz CT molecular complexity index is 1890. The van der Waals surface area contributed by atoms with Crippen molar-refractivity contribution in [3.05, 3.63) is 158 Å². The van der Waals surface area contributed by atoms with Gasteiger partial charge in [-0.3, -0.25) is 0 Å². The van der Waals surface area contributed by atoms with Crippen LogP contribution in [-0.4, -0.2) is 4.70 Å².